The van der Waals surface area contributed by atoms with E-state index >= 15 is 0 Å². The molecular formula is C22H18BrN3O. The standard InChI is InChI=1S/C22H18BrN3O/c1-26(17-11-13-18(27-2)14-12-17)22-19-5-3-4-6-20(19)24-21(25-22)15-7-9-16(23)10-8-15/h3-14H,1-2H3. The first-order valence-electron chi connectivity index (χ1n) is 8.56. The van der Waals surface area contributed by atoms with E-state index in [9.17, 15) is 0 Å². The summed E-state index contributed by atoms with van der Waals surface area (Å²) in [6.45, 7) is 0. The molecule has 4 rings (SSSR count). The summed E-state index contributed by atoms with van der Waals surface area (Å²) < 4.78 is 6.29. The Labute approximate surface area is 166 Å². The quantitative estimate of drug-likeness (QED) is 0.416. The van der Waals surface area contributed by atoms with Gasteiger partial charge in [-0.15, -0.1) is 0 Å². The zero-order valence-electron chi connectivity index (χ0n) is 15.1. The molecule has 0 aliphatic carbocycles. The van der Waals surface area contributed by atoms with Crippen LogP contribution in [0.4, 0.5) is 11.5 Å². The molecule has 4 aromatic rings. The third-order valence-corrected chi connectivity index (χ3v) is 4.99. The zero-order valence-corrected chi connectivity index (χ0v) is 16.6. The maximum absolute atomic E-state index is 5.26. The number of aromatic nitrogens is 2. The lowest BCUT2D eigenvalue weighted by molar-refractivity contribution is 0.415. The summed E-state index contributed by atoms with van der Waals surface area (Å²) in [4.78, 5) is 11.7. The van der Waals surface area contributed by atoms with E-state index in [1.807, 2.05) is 73.8 Å². The molecule has 0 amide bonds. The maximum Gasteiger partial charge on any atom is 0.162 e. The topological polar surface area (TPSA) is 38.2 Å². The summed E-state index contributed by atoms with van der Waals surface area (Å²) in [5.74, 6) is 2.40. The van der Waals surface area contributed by atoms with Gasteiger partial charge in [0.2, 0.25) is 0 Å². The minimum atomic E-state index is 0.705. The van der Waals surface area contributed by atoms with Crippen molar-refractivity contribution in [3.05, 3.63) is 77.3 Å². The normalized spacial score (nSPS) is 10.8. The molecule has 0 atom stereocenters. The van der Waals surface area contributed by atoms with E-state index in [4.69, 9.17) is 14.7 Å². The Morgan fingerprint density at radius 3 is 2.26 bits per heavy atom. The Kier molecular flexibility index (Phi) is 4.77. The van der Waals surface area contributed by atoms with Gasteiger partial charge in [0, 0.05) is 28.2 Å². The van der Waals surface area contributed by atoms with Crippen LogP contribution in [0, 0.1) is 0 Å². The fourth-order valence-corrected chi connectivity index (χ4v) is 3.24. The van der Waals surface area contributed by atoms with Crippen LogP contribution in [0.1, 0.15) is 0 Å². The highest BCUT2D eigenvalue weighted by Gasteiger charge is 2.14. The minimum absolute atomic E-state index is 0.705. The van der Waals surface area contributed by atoms with Gasteiger partial charge >= 0.3 is 0 Å². The summed E-state index contributed by atoms with van der Waals surface area (Å²) in [6.07, 6.45) is 0. The van der Waals surface area contributed by atoms with Gasteiger partial charge in [0.15, 0.2) is 5.82 Å². The van der Waals surface area contributed by atoms with Crippen LogP contribution in [0.2, 0.25) is 0 Å². The third-order valence-electron chi connectivity index (χ3n) is 4.46. The number of fused-ring (bicyclic) bond motifs is 1. The first-order chi connectivity index (χ1) is 13.2. The van der Waals surface area contributed by atoms with Crippen LogP contribution in [0.25, 0.3) is 22.3 Å². The minimum Gasteiger partial charge on any atom is -0.497 e. The highest BCUT2D eigenvalue weighted by Crippen LogP contribution is 2.32. The van der Waals surface area contributed by atoms with Crippen LogP contribution in [0.5, 0.6) is 5.75 Å². The van der Waals surface area contributed by atoms with Crippen molar-refractivity contribution in [2.75, 3.05) is 19.1 Å². The van der Waals surface area contributed by atoms with Gasteiger partial charge < -0.3 is 9.64 Å². The second-order valence-electron chi connectivity index (χ2n) is 6.15. The molecule has 4 nitrogen and oxygen atoms in total. The molecule has 0 spiro atoms. The number of ether oxygens (including phenoxy) is 1. The molecule has 0 unspecified atom stereocenters. The molecular weight excluding hydrogens is 402 g/mol. The van der Waals surface area contributed by atoms with Crippen molar-refractivity contribution < 1.29 is 4.74 Å². The molecule has 3 aromatic carbocycles. The molecule has 27 heavy (non-hydrogen) atoms. The van der Waals surface area contributed by atoms with E-state index in [0.29, 0.717) is 5.82 Å². The lowest BCUT2D eigenvalue weighted by Crippen LogP contribution is -2.12. The molecule has 1 heterocycles. The van der Waals surface area contributed by atoms with Crippen LogP contribution >= 0.6 is 15.9 Å². The van der Waals surface area contributed by atoms with Gasteiger partial charge in [-0.2, -0.15) is 0 Å². The number of hydrogen-bond acceptors (Lipinski definition) is 4. The fraction of sp³-hybridized carbons (Fsp3) is 0.0909. The molecule has 5 heteroatoms. The van der Waals surface area contributed by atoms with E-state index in [0.717, 1.165) is 38.2 Å². The first kappa shape index (κ1) is 17.5. The van der Waals surface area contributed by atoms with Crippen LogP contribution in [0.3, 0.4) is 0 Å². The van der Waals surface area contributed by atoms with Gasteiger partial charge in [-0.3, -0.25) is 0 Å². The number of anilines is 2. The van der Waals surface area contributed by atoms with Crippen molar-refractivity contribution in [2.45, 2.75) is 0 Å². The number of methoxy groups -OCH3 is 1. The summed E-state index contributed by atoms with van der Waals surface area (Å²) in [6, 6.07) is 24.1. The van der Waals surface area contributed by atoms with E-state index < -0.39 is 0 Å². The number of nitrogens with zero attached hydrogens (tertiary/aromatic N) is 3. The van der Waals surface area contributed by atoms with Crippen molar-refractivity contribution in [1.29, 1.82) is 0 Å². The summed E-state index contributed by atoms with van der Waals surface area (Å²) in [5, 5.41) is 1.01. The van der Waals surface area contributed by atoms with Crippen molar-refractivity contribution in [3.63, 3.8) is 0 Å². The van der Waals surface area contributed by atoms with E-state index in [1.54, 1.807) is 7.11 Å². The van der Waals surface area contributed by atoms with E-state index in [1.165, 1.54) is 0 Å². The molecule has 0 bridgehead atoms. The van der Waals surface area contributed by atoms with Gasteiger partial charge in [0.1, 0.15) is 11.6 Å². The van der Waals surface area contributed by atoms with Gasteiger partial charge in [0.25, 0.3) is 0 Å². The fourth-order valence-electron chi connectivity index (χ4n) is 2.97. The Bertz CT molecular complexity index is 1080. The van der Waals surface area contributed by atoms with Gasteiger partial charge in [-0.05, 0) is 48.5 Å². The average molecular weight is 420 g/mol. The lowest BCUT2D eigenvalue weighted by atomic mass is 10.1. The highest BCUT2D eigenvalue weighted by atomic mass is 79.9. The molecule has 1 aromatic heterocycles. The van der Waals surface area contributed by atoms with E-state index in [-0.39, 0.29) is 0 Å². The monoisotopic (exact) mass is 419 g/mol. The predicted octanol–water partition coefficient (Wildman–Crippen LogP) is 5.84. The number of benzene rings is 3. The van der Waals surface area contributed by atoms with Crippen molar-refractivity contribution in [1.82, 2.24) is 9.97 Å². The summed E-state index contributed by atoms with van der Waals surface area (Å²) in [7, 11) is 3.68. The Hall–Kier alpha value is -2.92. The largest absolute Gasteiger partial charge is 0.497 e. The van der Waals surface area contributed by atoms with E-state index in [2.05, 4.69) is 26.9 Å². The van der Waals surface area contributed by atoms with Gasteiger partial charge in [-0.1, -0.05) is 40.2 Å². The molecule has 0 aliphatic rings. The molecule has 0 saturated carbocycles. The third kappa shape index (κ3) is 3.51. The molecule has 134 valence electrons. The second-order valence-corrected chi connectivity index (χ2v) is 7.07. The molecule has 0 fully saturated rings. The summed E-state index contributed by atoms with van der Waals surface area (Å²) >= 11 is 3.48. The molecule has 0 saturated heterocycles. The zero-order chi connectivity index (χ0) is 18.8. The number of halogens is 1. The molecule has 0 N–H and O–H groups in total. The number of hydrogen-bond donors (Lipinski definition) is 0. The van der Waals surface area contributed by atoms with Crippen LogP contribution in [0.15, 0.2) is 77.3 Å². The average Bonchev–Trinajstić information content (AvgIpc) is 2.73. The Balaban J connectivity index is 1.85. The highest BCUT2D eigenvalue weighted by molar-refractivity contribution is 9.10. The van der Waals surface area contributed by atoms with Crippen LogP contribution in [-0.2, 0) is 0 Å². The Morgan fingerprint density at radius 2 is 1.56 bits per heavy atom. The smallest absolute Gasteiger partial charge is 0.162 e. The molecule has 0 radical (unpaired) electrons. The first-order valence-corrected chi connectivity index (χ1v) is 9.35. The number of para-hydroxylation sites is 1. The second kappa shape index (κ2) is 7.37. The lowest BCUT2D eigenvalue weighted by Gasteiger charge is -2.21. The maximum atomic E-state index is 5.26. The SMILES string of the molecule is COc1ccc(N(C)c2nc(-c3ccc(Br)cc3)nc3ccccc23)cc1. The Morgan fingerprint density at radius 1 is 0.852 bits per heavy atom. The van der Waals surface area contributed by atoms with Gasteiger partial charge in [-0.25, -0.2) is 9.97 Å². The van der Waals surface area contributed by atoms with Crippen molar-refractivity contribution in [3.8, 4) is 17.1 Å². The van der Waals surface area contributed by atoms with Crippen LogP contribution in [-0.4, -0.2) is 24.1 Å². The molecule has 0 aliphatic heterocycles. The van der Waals surface area contributed by atoms with Crippen molar-refractivity contribution >= 4 is 38.3 Å². The van der Waals surface area contributed by atoms with Crippen LogP contribution < -0.4 is 9.64 Å². The van der Waals surface area contributed by atoms with Gasteiger partial charge in [0.05, 0.1) is 12.6 Å². The summed E-state index contributed by atoms with van der Waals surface area (Å²) in [5.41, 5.74) is 2.93. The predicted molar refractivity (Wildman–Crippen MR) is 114 cm³/mol. The number of rotatable bonds is 4. The van der Waals surface area contributed by atoms with Crippen molar-refractivity contribution in [2.24, 2.45) is 0 Å².